The van der Waals surface area contributed by atoms with Crippen LogP contribution in [-0.2, 0) is 0 Å². The average molecular weight is 695 g/mol. The maximum absolute atomic E-state index is 2.49. The number of hydrogen-bond donors (Lipinski definition) is 0. The molecule has 3 heteroatoms. The predicted molar refractivity (Wildman–Crippen MR) is 229 cm³/mol. The molecule has 0 saturated carbocycles. The SMILES string of the molecule is C[Si-]1(C)c2ccccc2-c2ccc(N(c3ccc(-c4ccccc4)cc3)c3ccc4c(c3)c3ccccc3n4-c3ccc(-c4ccccc4)cc3)cc21. The van der Waals surface area contributed by atoms with E-state index < -0.39 is 8.07 Å². The zero-order chi connectivity index (χ0) is 35.5. The molecule has 9 aromatic rings. The van der Waals surface area contributed by atoms with E-state index in [0.29, 0.717) is 0 Å². The van der Waals surface area contributed by atoms with Gasteiger partial charge in [0, 0.05) is 33.5 Å². The Kier molecular flexibility index (Phi) is 7.31. The van der Waals surface area contributed by atoms with Crippen LogP contribution in [0.3, 0.4) is 0 Å². The van der Waals surface area contributed by atoms with Gasteiger partial charge in [-0.1, -0.05) is 159 Å². The van der Waals surface area contributed by atoms with Gasteiger partial charge in [-0.2, -0.15) is 23.5 Å². The largest absolute Gasteiger partial charge is 0.311 e. The van der Waals surface area contributed by atoms with Crippen molar-refractivity contribution >= 4 is 57.3 Å². The first-order valence-electron chi connectivity index (χ1n) is 18.4. The number of aromatic nitrogens is 1. The van der Waals surface area contributed by atoms with E-state index in [9.17, 15) is 0 Å². The van der Waals surface area contributed by atoms with Crippen molar-refractivity contribution in [2.24, 2.45) is 0 Å². The third-order valence-electron chi connectivity index (χ3n) is 11.2. The molecule has 8 aromatic carbocycles. The topological polar surface area (TPSA) is 8.17 Å². The van der Waals surface area contributed by atoms with Gasteiger partial charge in [0.1, 0.15) is 0 Å². The molecule has 253 valence electrons. The minimum atomic E-state index is -1.88. The summed E-state index contributed by atoms with van der Waals surface area (Å²) in [6.45, 7) is 4.99. The Hall–Kier alpha value is -6.42. The van der Waals surface area contributed by atoms with Gasteiger partial charge in [-0.3, -0.25) is 0 Å². The summed E-state index contributed by atoms with van der Waals surface area (Å²) in [7, 11) is -1.88. The van der Waals surface area contributed by atoms with Crippen LogP contribution in [0.25, 0.3) is 60.9 Å². The van der Waals surface area contributed by atoms with Gasteiger partial charge >= 0.3 is 0 Å². The van der Waals surface area contributed by atoms with Crippen molar-refractivity contribution in [2.75, 3.05) is 4.90 Å². The van der Waals surface area contributed by atoms with Gasteiger partial charge in [-0.05, 0) is 76.9 Å². The number of fused-ring (bicyclic) bond motifs is 6. The van der Waals surface area contributed by atoms with E-state index in [1.807, 2.05) is 0 Å². The Balaban J connectivity index is 1.13. The van der Waals surface area contributed by atoms with Crippen molar-refractivity contribution in [3.05, 3.63) is 194 Å². The molecule has 53 heavy (non-hydrogen) atoms. The Morgan fingerprint density at radius 3 is 1.60 bits per heavy atom. The summed E-state index contributed by atoms with van der Waals surface area (Å²) >= 11 is 0. The summed E-state index contributed by atoms with van der Waals surface area (Å²) in [5.74, 6) is 0. The van der Waals surface area contributed by atoms with Crippen molar-refractivity contribution in [1.29, 1.82) is 0 Å². The van der Waals surface area contributed by atoms with Crippen LogP contribution in [-0.4, -0.2) is 12.6 Å². The monoisotopic (exact) mass is 694 g/mol. The van der Waals surface area contributed by atoms with Crippen LogP contribution >= 0.6 is 0 Å². The smallest absolute Gasteiger partial charge is 0.0542 e. The van der Waals surface area contributed by atoms with E-state index in [0.717, 1.165) is 17.1 Å². The lowest BCUT2D eigenvalue weighted by molar-refractivity contribution is 1.18. The van der Waals surface area contributed by atoms with Crippen molar-refractivity contribution in [3.8, 4) is 39.1 Å². The van der Waals surface area contributed by atoms with E-state index >= 15 is 0 Å². The highest BCUT2D eigenvalue weighted by molar-refractivity contribution is 7.03. The van der Waals surface area contributed by atoms with Gasteiger partial charge < -0.3 is 9.47 Å². The van der Waals surface area contributed by atoms with Gasteiger partial charge in [0.05, 0.1) is 11.0 Å². The van der Waals surface area contributed by atoms with Crippen molar-refractivity contribution < 1.29 is 0 Å². The number of anilines is 3. The Bertz CT molecular complexity index is 2780. The number of benzene rings is 8. The molecular weight excluding hydrogens is 657 g/mol. The maximum Gasteiger partial charge on any atom is 0.0542 e. The molecule has 2 heterocycles. The molecule has 2 nitrogen and oxygen atoms in total. The van der Waals surface area contributed by atoms with Gasteiger partial charge in [0.25, 0.3) is 0 Å². The summed E-state index contributed by atoms with van der Waals surface area (Å²) in [6.07, 6.45) is 0. The first-order chi connectivity index (χ1) is 26.0. The van der Waals surface area contributed by atoms with Crippen LogP contribution in [0, 0.1) is 0 Å². The predicted octanol–water partition coefficient (Wildman–Crippen LogP) is 12.4. The van der Waals surface area contributed by atoms with Crippen molar-refractivity contribution in [3.63, 3.8) is 0 Å². The summed E-state index contributed by atoms with van der Waals surface area (Å²) in [5, 5.41) is 5.50. The highest BCUT2D eigenvalue weighted by Gasteiger charge is 2.27. The highest BCUT2D eigenvalue weighted by atomic mass is 28.3. The van der Waals surface area contributed by atoms with Crippen LogP contribution in [0.4, 0.5) is 17.1 Å². The summed E-state index contributed by atoms with van der Waals surface area (Å²) in [6, 6.07) is 71.2. The van der Waals surface area contributed by atoms with Gasteiger partial charge in [-0.25, -0.2) is 0 Å². The van der Waals surface area contributed by atoms with Crippen LogP contribution in [0.5, 0.6) is 0 Å². The first-order valence-corrected chi connectivity index (χ1v) is 21.4. The molecule has 0 atom stereocenters. The number of hydrogen-bond acceptors (Lipinski definition) is 1. The molecule has 1 aliphatic rings. The van der Waals surface area contributed by atoms with Gasteiger partial charge in [0.15, 0.2) is 0 Å². The molecule has 0 aliphatic carbocycles. The zero-order valence-corrected chi connectivity index (χ0v) is 30.9. The highest BCUT2D eigenvalue weighted by Crippen LogP contribution is 2.41. The first kappa shape index (κ1) is 31.3. The second kappa shape index (κ2) is 12.4. The van der Waals surface area contributed by atoms with Gasteiger partial charge in [-0.15, -0.1) is 0 Å². The van der Waals surface area contributed by atoms with Crippen LogP contribution in [0.1, 0.15) is 0 Å². The average Bonchev–Trinajstić information content (AvgIpc) is 3.67. The maximum atomic E-state index is 2.49. The number of nitrogens with zero attached hydrogens (tertiary/aromatic N) is 2. The molecule has 1 aromatic heterocycles. The summed E-state index contributed by atoms with van der Waals surface area (Å²) < 4.78 is 2.41. The fourth-order valence-corrected chi connectivity index (χ4v) is 11.6. The van der Waals surface area contributed by atoms with Crippen molar-refractivity contribution in [1.82, 2.24) is 4.57 Å². The van der Waals surface area contributed by atoms with E-state index in [2.05, 4.69) is 217 Å². The molecule has 0 N–H and O–H groups in total. The summed E-state index contributed by atoms with van der Waals surface area (Å²) in [5.41, 5.74) is 14.7. The molecule has 0 bridgehead atoms. The normalized spacial score (nSPS) is 12.9. The van der Waals surface area contributed by atoms with E-state index in [4.69, 9.17) is 0 Å². The lowest BCUT2D eigenvalue weighted by Crippen LogP contribution is -2.49. The van der Waals surface area contributed by atoms with Crippen LogP contribution in [0.15, 0.2) is 194 Å². The minimum absolute atomic E-state index is 1.14. The Morgan fingerprint density at radius 2 is 0.887 bits per heavy atom. The fraction of sp³-hybridized carbons (Fsp3) is 0.0400. The molecule has 0 saturated heterocycles. The van der Waals surface area contributed by atoms with E-state index in [1.54, 1.807) is 0 Å². The van der Waals surface area contributed by atoms with E-state index in [-0.39, 0.29) is 0 Å². The van der Waals surface area contributed by atoms with Crippen molar-refractivity contribution in [2.45, 2.75) is 13.1 Å². The molecule has 0 fully saturated rings. The zero-order valence-electron chi connectivity index (χ0n) is 29.9. The third-order valence-corrected chi connectivity index (χ3v) is 14.7. The lowest BCUT2D eigenvalue weighted by Gasteiger charge is -2.34. The number of rotatable bonds is 6. The standard InChI is InChI=1S/C50H38N2Si/c1-53(2)49-20-12-10-18-44(49)45-31-29-42(34-50(45)53)51(39-25-21-37(22-26-39)35-13-5-3-6-14-35)41-30-32-48-46(33-41)43-17-9-11-19-47(43)52(48)40-27-23-38(24-28-40)36-15-7-4-8-16-36/h3-34H,1-2H3/q-1. The number of para-hydroxylation sites is 1. The quantitative estimate of drug-likeness (QED) is 0.157. The van der Waals surface area contributed by atoms with Crippen LogP contribution < -0.4 is 15.3 Å². The summed E-state index contributed by atoms with van der Waals surface area (Å²) in [4.78, 5) is 2.45. The second-order valence-electron chi connectivity index (χ2n) is 14.6. The molecule has 0 amide bonds. The molecule has 1 aliphatic heterocycles. The molecule has 0 unspecified atom stereocenters. The van der Waals surface area contributed by atoms with E-state index in [1.165, 1.54) is 71.2 Å². The second-order valence-corrected chi connectivity index (χ2v) is 18.9. The lowest BCUT2D eigenvalue weighted by atomic mass is 10.0. The molecular formula is C50H38N2Si-. The fourth-order valence-electron chi connectivity index (χ4n) is 8.52. The molecule has 0 spiro atoms. The minimum Gasteiger partial charge on any atom is -0.311 e. The molecule has 10 rings (SSSR count). The Morgan fingerprint density at radius 1 is 0.377 bits per heavy atom. The molecule has 0 radical (unpaired) electrons. The van der Waals surface area contributed by atoms with Crippen LogP contribution in [0.2, 0.25) is 13.1 Å². The Labute approximate surface area is 311 Å². The van der Waals surface area contributed by atoms with Gasteiger partial charge in [0.2, 0.25) is 0 Å². The third kappa shape index (κ3) is 5.15.